The van der Waals surface area contributed by atoms with E-state index in [1.54, 1.807) is 50.2 Å². The number of amides is 1. The summed E-state index contributed by atoms with van der Waals surface area (Å²) in [6.07, 6.45) is 0. The Kier molecular flexibility index (Phi) is 6.77. The van der Waals surface area contributed by atoms with Crippen LogP contribution in [0.5, 0.6) is 11.5 Å². The van der Waals surface area contributed by atoms with Crippen molar-refractivity contribution in [3.8, 4) is 17.2 Å². The van der Waals surface area contributed by atoms with Gasteiger partial charge in [-0.1, -0.05) is 37.7 Å². The van der Waals surface area contributed by atoms with Gasteiger partial charge in [-0.3, -0.25) is 9.36 Å². The van der Waals surface area contributed by atoms with Crippen molar-refractivity contribution >= 4 is 17.7 Å². The summed E-state index contributed by atoms with van der Waals surface area (Å²) in [5, 5.41) is 12.6. The fourth-order valence-corrected chi connectivity index (χ4v) is 3.58. The van der Waals surface area contributed by atoms with Gasteiger partial charge in [0.2, 0.25) is 0 Å². The first-order chi connectivity index (χ1) is 14.0. The van der Waals surface area contributed by atoms with Gasteiger partial charge >= 0.3 is 0 Å². The van der Waals surface area contributed by atoms with Crippen molar-refractivity contribution in [1.29, 1.82) is 0 Å². The van der Waals surface area contributed by atoms with Crippen LogP contribution in [-0.2, 0) is 6.54 Å². The lowest BCUT2D eigenvalue weighted by atomic mass is 10.2. The van der Waals surface area contributed by atoms with E-state index in [2.05, 4.69) is 29.4 Å². The Hall–Kier alpha value is -3.00. The summed E-state index contributed by atoms with van der Waals surface area (Å²) in [6.45, 7) is 4.42. The van der Waals surface area contributed by atoms with E-state index in [9.17, 15) is 4.79 Å². The average Bonchev–Trinajstić information content (AvgIpc) is 3.13. The SMILES string of the molecule is COc1ccc(C(=O)NCc2nnc(SC(C)C)n2-c2ccccc2OC)cc1. The highest BCUT2D eigenvalue weighted by Crippen LogP contribution is 2.30. The van der Waals surface area contributed by atoms with E-state index in [0.717, 1.165) is 10.8 Å². The number of thioether (sulfide) groups is 1. The maximum atomic E-state index is 12.5. The van der Waals surface area contributed by atoms with Crippen molar-refractivity contribution in [2.24, 2.45) is 0 Å². The van der Waals surface area contributed by atoms with E-state index in [1.807, 2.05) is 28.8 Å². The number of methoxy groups -OCH3 is 2. The molecule has 1 amide bonds. The lowest BCUT2D eigenvalue weighted by Crippen LogP contribution is -2.24. The number of aromatic nitrogens is 3. The zero-order valence-corrected chi connectivity index (χ0v) is 17.7. The van der Waals surface area contributed by atoms with Crippen LogP contribution in [0.1, 0.15) is 30.0 Å². The number of hydrogen-bond donors (Lipinski definition) is 1. The molecule has 2 aromatic carbocycles. The summed E-state index contributed by atoms with van der Waals surface area (Å²) >= 11 is 1.60. The van der Waals surface area contributed by atoms with E-state index >= 15 is 0 Å². The van der Waals surface area contributed by atoms with Crippen LogP contribution in [-0.4, -0.2) is 40.1 Å². The fraction of sp³-hybridized carbons (Fsp3) is 0.286. The monoisotopic (exact) mass is 412 g/mol. The van der Waals surface area contributed by atoms with Gasteiger partial charge in [-0.15, -0.1) is 10.2 Å². The van der Waals surface area contributed by atoms with Gasteiger partial charge in [0.1, 0.15) is 11.5 Å². The molecule has 0 fully saturated rings. The van der Waals surface area contributed by atoms with Gasteiger partial charge in [-0.2, -0.15) is 0 Å². The third-order valence-corrected chi connectivity index (χ3v) is 5.07. The smallest absolute Gasteiger partial charge is 0.251 e. The number of carbonyl (C=O) groups excluding carboxylic acids is 1. The Balaban J connectivity index is 1.87. The van der Waals surface area contributed by atoms with E-state index in [0.29, 0.717) is 28.1 Å². The molecule has 1 heterocycles. The van der Waals surface area contributed by atoms with Crippen molar-refractivity contribution in [3.05, 3.63) is 59.9 Å². The predicted molar refractivity (Wildman–Crippen MR) is 113 cm³/mol. The molecule has 0 atom stereocenters. The molecule has 1 aromatic heterocycles. The average molecular weight is 413 g/mol. The van der Waals surface area contributed by atoms with Crippen LogP contribution in [0.4, 0.5) is 0 Å². The van der Waals surface area contributed by atoms with Crippen LogP contribution in [0, 0.1) is 0 Å². The number of nitrogens with one attached hydrogen (secondary N) is 1. The van der Waals surface area contributed by atoms with E-state index in [4.69, 9.17) is 9.47 Å². The number of ether oxygens (including phenoxy) is 2. The summed E-state index contributed by atoms with van der Waals surface area (Å²) in [7, 11) is 3.22. The first-order valence-corrected chi connectivity index (χ1v) is 10.1. The topological polar surface area (TPSA) is 78.3 Å². The van der Waals surface area contributed by atoms with Crippen molar-refractivity contribution in [1.82, 2.24) is 20.1 Å². The van der Waals surface area contributed by atoms with Gasteiger partial charge in [-0.05, 0) is 36.4 Å². The van der Waals surface area contributed by atoms with Crippen LogP contribution in [0.15, 0.2) is 53.7 Å². The molecule has 0 aliphatic rings. The molecule has 29 heavy (non-hydrogen) atoms. The second-order valence-electron chi connectivity index (χ2n) is 6.48. The lowest BCUT2D eigenvalue weighted by molar-refractivity contribution is 0.0949. The molecule has 0 spiro atoms. The Labute approximate surface area is 174 Å². The van der Waals surface area contributed by atoms with E-state index in [1.165, 1.54) is 0 Å². The Morgan fingerprint density at radius 2 is 1.79 bits per heavy atom. The van der Waals surface area contributed by atoms with Crippen LogP contribution in [0.2, 0.25) is 0 Å². The molecule has 0 radical (unpaired) electrons. The molecule has 3 rings (SSSR count). The highest BCUT2D eigenvalue weighted by molar-refractivity contribution is 7.99. The highest BCUT2D eigenvalue weighted by Gasteiger charge is 2.19. The third kappa shape index (κ3) is 4.89. The normalized spacial score (nSPS) is 10.8. The maximum absolute atomic E-state index is 12.5. The van der Waals surface area contributed by atoms with Crippen molar-refractivity contribution in [2.75, 3.05) is 14.2 Å². The molecule has 152 valence electrons. The Morgan fingerprint density at radius 1 is 1.07 bits per heavy atom. The summed E-state index contributed by atoms with van der Waals surface area (Å²) < 4.78 is 12.6. The largest absolute Gasteiger partial charge is 0.497 e. The van der Waals surface area contributed by atoms with Gasteiger partial charge in [0.15, 0.2) is 11.0 Å². The molecule has 0 saturated heterocycles. The lowest BCUT2D eigenvalue weighted by Gasteiger charge is -2.15. The maximum Gasteiger partial charge on any atom is 0.251 e. The predicted octanol–water partition coefficient (Wildman–Crippen LogP) is 3.72. The second kappa shape index (κ2) is 9.47. The van der Waals surface area contributed by atoms with Crippen LogP contribution in [0.25, 0.3) is 5.69 Å². The van der Waals surface area contributed by atoms with Crippen LogP contribution in [0.3, 0.4) is 0 Å². The van der Waals surface area contributed by atoms with Gasteiger partial charge in [0.25, 0.3) is 5.91 Å². The molecule has 0 aliphatic heterocycles. The quantitative estimate of drug-likeness (QED) is 0.568. The molecule has 7 nitrogen and oxygen atoms in total. The number of rotatable bonds is 8. The minimum atomic E-state index is -0.194. The summed E-state index contributed by atoms with van der Waals surface area (Å²) in [5.74, 6) is 1.84. The van der Waals surface area contributed by atoms with Crippen molar-refractivity contribution in [3.63, 3.8) is 0 Å². The molecular formula is C21H24N4O3S. The van der Waals surface area contributed by atoms with Crippen molar-refractivity contribution < 1.29 is 14.3 Å². The molecule has 0 unspecified atom stereocenters. The number of para-hydroxylation sites is 2. The highest BCUT2D eigenvalue weighted by atomic mass is 32.2. The first-order valence-electron chi connectivity index (χ1n) is 9.20. The van der Waals surface area contributed by atoms with Gasteiger partial charge in [0.05, 0.1) is 26.5 Å². The third-order valence-electron chi connectivity index (χ3n) is 4.13. The Morgan fingerprint density at radius 3 is 2.45 bits per heavy atom. The van der Waals surface area contributed by atoms with Crippen LogP contribution < -0.4 is 14.8 Å². The van der Waals surface area contributed by atoms with Gasteiger partial charge < -0.3 is 14.8 Å². The molecule has 0 bridgehead atoms. The molecular weight excluding hydrogens is 388 g/mol. The molecule has 1 N–H and O–H groups in total. The van der Waals surface area contributed by atoms with Gasteiger partial charge in [0, 0.05) is 10.8 Å². The summed E-state index contributed by atoms with van der Waals surface area (Å²) in [4.78, 5) is 12.5. The molecule has 0 saturated carbocycles. The number of carbonyl (C=O) groups is 1. The zero-order valence-electron chi connectivity index (χ0n) is 16.9. The van der Waals surface area contributed by atoms with E-state index in [-0.39, 0.29) is 12.5 Å². The minimum absolute atomic E-state index is 0.194. The number of hydrogen-bond acceptors (Lipinski definition) is 6. The number of benzene rings is 2. The molecule has 8 heteroatoms. The first kappa shape index (κ1) is 20.7. The van der Waals surface area contributed by atoms with Gasteiger partial charge in [-0.25, -0.2) is 0 Å². The number of nitrogens with zero attached hydrogens (tertiary/aromatic N) is 3. The zero-order chi connectivity index (χ0) is 20.8. The standard InChI is InChI=1S/C21H24N4O3S/c1-14(2)29-21-24-23-19(25(21)17-7-5-6-8-18(17)28-4)13-22-20(26)15-9-11-16(27-3)12-10-15/h5-12,14H,13H2,1-4H3,(H,22,26). The summed E-state index contributed by atoms with van der Waals surface area (Å²) in [6, 6.07) is 14.6. The minimum Gasteiger partial charge on any atom is -0.497 e. The van der Waals surface area contributed by atoms with Crippen LogP contribution >= 0.6 is 11.8 Å². The fourth-order valence-electron chi connectivity index (χ4n) is 2.76. The Bertz CT molecular complexity index is 970. The van der Waals surface area contributed by atoms with E-state index < -0.39 is 0 Å². The molecule has 3 aromatic rings. The molecule has 0 aliphatic carbocycles. The second-order valence-corrected chi connectivity index (χ2v) is 8.03. The summed E-state index contributed by atoms with van der Waals surface area (Å²) in [5.41, 5.74) is 1.38. The van der Waals surface area contributed by atoms with Crippen molar-refractivity contribution in [2.45, 2.75) is 30.8 Å².